The van der Waals surface area contributed by atoms with Crippen LogP contribution in [0.5, 0.6) is 0 Å². The Kier molecular flexibility index (Phi) is 7.14. The predicted molar refractivity (Wildman–Crippen MR) is 207 cm³/mol. The minimum atomic E-state index is 0.625. The van der Waals surface area contributed by atoms with E-state index in [1.54, 1.807) is 0 Å². The van der Waals surface area contributed by atoms with Crippen molar-refractivity contribution in [2.45, 2.75) is 6.92 Å². The van der Waals surface area contributed by atoms with Gasteiger partial charge < -0.3 is 4.42 Å². The lowest BCUT2D eigenvalue weighted by Crippen LogP contribution is -2.02. The van der Waals surface area contributed by atoms with Crippen LogP contribution in [0.4, 0.5) is 0 Å². The van der Waals surface area contributed by atoms with E-state index in [-0.39, 0.29) is 0 Å². The molecule has 2 aromatic heterocycles. The number of fused-ring (bicyclic) bond motifs is 5. The number of furan rings is 1. The molecule has 0 aliphatic heterocycles. The SMILES string of the molecule is C=C/C=C(/c1ccc2oc3ccccc3c2c1)c1cccc(-c2nc(-c3ccc4ccccc4c3)nc(-c3ccc4ccccc4c3)n2)c1C. The van der Waals surface area contributed by atoms with Gasteiger partial charge in [-0.1, -0.05) is 134 Å². The van der Waals surface area contributed by atoms with Crippen LogP contribution in [0.25, 0.3) is 83.2 Å². The molecule has 4 heteroatoms. The summed E-state index contributed by atoms with van der Waals surface area (Å²) in [6, 6.07) is 50.3. The summed E-state index contributed by atoms with van der Waals surface area (Å²) in [6.45, 7) is 6.21. The van der Waals surface area contributed by atoms with Gasteiger partial charge in [0.1, 0.15) is 11.2 Å². The average molecular weight is 642 g/mol. The van der Waals surface area contributed by atoms with Crippen molar-refractivity contribution in [2.75, 3.05) is 0 Å². The molecular weight excluding hydrogens is 611 g/mol. The Hall–Kier alpha value is -6.65. The van der Waals surface area contributed by atoms with Crippen LogP contribution in [0.15, 0.2) is 169 Å². The van der Waals surface area contributed by atoms with Crippen molar-refractivity contribution in [3.63, 3.8) is 0 Å². The van der Waals surface area contributed by atoms with Gasteiger partial charge in [-0.05, 0) is 81.1 Å². The minimum absolute atomic E-state index is 0.625. The Morgan fingerprint density at radius 2 is 1.14 bits per heavy atom. The molecule has 0 aliphatic carbocycles. The highest BCUT2D eigenvalue weighted by molar-refractivity contribution is 6.06. The summed E-state index contributed by atoms with van der Waals surface area (Å²) >= 11 is 0. The van der Waals surface area contributed by atoms with E-state index in [4.69, 9.17) is 19.4 Å². The second-order valence-corrected chi connectivity index (χ2v) is 12.5. The lowest BCUT2D eigenvalue weighted by Gasteiger charge is -2.16. The fourth-order valence-electron chi connectivity index (χ4n) is 6.93. The van der Waals surface area contributed by atoms with E-state index in [0.29, 0.717) is 17.5 Å². The molecule has 9 rings (SSSR count). The van der Waals surface area contributed by atoms with E-state index in [2.05, 4.69) is 147 Å². The molecule has 50 heavy (non-hydrogen) atoms. The predicted octanol–water partition coefficient (Wildman–Crippen LogP) is 12.0. The van der Waals surface area contributed by atoms with Crippen LogP contribution < -0.4 is 0 Å². The molecule has 0 aliphatic rings. The van der Waals surface area contributed by atoms with Gasteiger partial charge in [0, 0.05) is 27.5 Å². The second-order valence-electron chi connectivity index (χ2n) is 12.5. The molecule has 0 fully saturated rings. The standard InChI is InChI=1S/C46H31N3O/c1-3-11-39(34-24-25-43-41(28-34)40-16-8-9-19-42(40)50-43)37-17-10-18-38(29(37)2)46-48-44(35-22-20-30-12-4-6-14-32(30)26-35)47-45(49-46)36-23-21-31-13-5-7-15-33(31)27-36/h3-28H,1H2,2H3/b39-11-. The monoisotopic (exact) mass is 641 g/mol. The maximum absolute atomic E-state index is 6.13. The van der Waals surface area contributed by atoms with E-state index in [9.17, 15) is 0 Å². The minimum Gasteiger partial charge on any atom is -0.456 e. The summed E-state index contributed by atoms with van der Waals surface area (Å²) in [5.41, 5.74) is 8.86. The van der Waals surface area contributed by atoms with E-state index in [0.717, 1.165) is 71.7 Å². The van der Waals surface area contributed by atoms with Gasteiger partial charge in [0.15, 0.2) is 17.5 Å². The molecule has 0 amide bonds. The first kappa shape index (κ1) is 29.5. The molecule has 0 spiro atoms. The first-order valence-corrected chi connectivity index (χ1v) is 16.7. The van der Waals surface area contributed by atoms with Gasteiger partial charge in [0.05, 0.1) is 0 Å². The molecule has 7 aromatic carbocycles. The Morgan fingerprint density at radius 1 is 0.540 bits per heavy atom. The number of rotatable bonds is 6. The van der Waals surface area contributed by atoms with Crippen LogP contribution in [-0.2, 0) is 0 Å². The summed E-state index contributed by atoms with van der Waals surface area (Å²) < 4.78 is 6.13. The third-order valence-electron chi connectivity index (χ3n) is 9.49. The molecule has 0 saturated heterocycles. The Balaban J connectivity index is 1.22. The number of para-hydroxylation sites is 1. The number of allylic oxidation sites excluding steroid dienone is 2. The number of nitrogens with zero attached hydrogens (tertiary/aromatic N) is 3. The smallest absolute Gasteiger partial charge is 0.164 e. The lowest BCUT2D eigenvalue weighted by molar-refractivity contribution is 0.669. The van der Waals surface area contributed by atoms with Gasteiger partial charge in [-0.2, -0.15) is 0 Å². The van der Waals surface area contributed by atoms with Crippen molar-refractivity contribution in [3.05, 3.63) is 181 Å². The zero-order valence-corrected chi connectivity index (χ0v) is 27.5. The normalized spacial score (nSPS) is 11.9. The molecule has 236 valence electrons. The summed E-state index contributed by atoms with van der Waals surface area (Å²) in [5, 5.41) is 6.80. The molecule has 0 radical (unpaired) electrons. The third-order valence-corrected chi connectivity index (χ3v) is 9.49. The zero-order chi connectivity index (χ0) is 33.6. The Labute approximate surface area is 289 Å². The lowest BCUT2D eigenvalue weighted by atomic mass is 9.90. The van der Waals surface area contributed by atoms with Crippen LogP contribution in [-0.4, -0.2) is 15.0 Å². The first-order chi connectivity index (χ1) is 24.6. The number of benzene rings is 7. The highest BCUT2D eigenvalue weighted by Crippen LogP contribution is 2.36. The van der Waals surface area contributed by atoms with Crippen molar-refractivity contribution in [1.29, 1.82) is 0 Å². The molecule has 9 aromatic rings. The maximum atomic E-state index is 6.13. The van der Waals surface area contributed by atoms with Gasteiger partial charge in [-0.15, -0.1) is 0 Å². The van der Waals surface area contributed by atoms with Crippen molar-refractivity contribution in [2.24, 2.45) is 0 Å². The van der Waals surface area contributed by atoms with Crippen molar-refractivity contribution >= 4 is 49.1 Å². The zero-order valence-electron chi connectivity index (χ0n) is 27.5. The van der Waals surface area contributed by atoms with Gasteiger partial charge in [-0.25, -0.2) is 15.0 Å². The quantitative estimate of drug-likeness (QED) is 0.170. The number of aromatic nitrogens is 3. The van der Waals surface area contributed by atoms with Gasteiger partial charge in [0.2, 0.25) is 0 Å². The molecule has 4 nitrogen and oxygen atoms in total. The highest BCUT2D eigenvalue weighted by atomic mass is 16.3. The number of hydrogen-bond acceptors (Lipinski definition) is 4. The topological polar surface area (TPSA) is 51.8 Å². The largest absolute Gasteiger partial charge is 0.456 e. The molecule has 0 unspecified atom stereocenters. The molecular formula is C46H31N3O. The van der Waals surface area contributed by atoms with Crippen LogP contribution in [0.2, 0.25) is 0 Å². The van der Waals surface area contributed by atoms with E-state index >= 15 is 0 Å². The number of hydrogen-bond donors (Lipinski definition) is 0. The van der Waals surface area contributed by atoms with E-state index in [1.165, 1.54) is 10.8 Å². The average Bonchev–Trinajstić information content (AvgIpc) is 3.55. The van der Waals surface area contributed by atoms with Crippen LogP contribution in [0.3, 0.4) is 0 Å². The first-order valence-electron chi connectivity index (χ1n) is 16.7. The second kappa shape index (κ2) is 12.1. The Morgan fingerprint density at radius 3 is 1.82 bits per heavy atom. The fraction of sp³-hybridized carbons (Fsp3) is 0.0217. The summed E-state index contributed by atoms with van der Waals surface area (Å²) in [4.78, 5) is 15.4. The van der Waals surface area contributed by atoms with Crippen molar-refractivity contribution in [1.82, 2.24) is 15.0 Å². The van der Waals surface area contributed by atoms with Gasteiger partial charge in [-0.3, -0.25) is 0 Å². The maximum Gasteiger partial charge on any atom is 0.164 e. The van der Waals surface area contributed by atoms with Crippen LogP contribution in [0, 0.1) is 6.92 Å². The van der Waals surface area contributed by atoms with Gasteiger partial charge >= 0.3 is 0 Å². The molecule has 0 saturated carbocycles. The van der Waals surface area contributed by atoms with E-state index < -0.39 is 0 Å². The Bertz CT molecular complexity index is 2710. The molecule has 0 atom stereocenters. The van der Waals surface area contributed by atoms with Crippen molar-refractivity contribution in [3.8, 4) is 34.2 Å². The van der Waals surface area contributed by atoms with E-state index in [1.807, 2.05) is 24.3 Å². The highest BCUT2D eigenvalue weighted by Gasteiger charge is 2.18. The van der Waals surface area contributed by atoms with Crippen LogP contribution in [0.1, 0.15) is 16.7 Å². The summed E-state index contributed by atoms with van der Waals surface area (Å²) in [7, 11) is 0. The molecule has 0 bridgehead atoms. The fourth-order valence-corrected chi connectivity index (χ4v) is 6.93. The summed E-state index contributed by atoms with van der Waals surface area (Å²) in [6.07, 6.45) is 3.92. The molecule has 2 heterocycles. The van der Waals surface area contributed by atoms with Crippen molar-refractivity contribution < 1.29 is 4.42 Å². The van der Waals surface area contributed by atoms with Gasteiger partial charge in [0.25, 0.3) is 0 Å². The summed E-state index contributed by atoms with van der Waals surface area (Å²) in [5.74, 6) is 1.89. The molecule has 0 N–H and O–H groups in total. The third kappa shape index (κ3) is 5.15. The van der Waals surface area contributed by atoms with Crippen LogP contribution >= 0.6 is 0 Å².